The molecule has 0 spiro atoms. The molecular weight excluding hydrogens is 243 g/mol. The number of methoxy groups -OCH3 is 1. The van der Waals surface area contributed by atoms with Gasteiger partial charge in [-0.15, -0.1) is 0 Å². The number of halogens is 1. The second-order valence-corrected chi connectivity index (χ2v) is 4.40. The van der Waals surface area contributed by atoms with E-state index in [9.17, 15) is 4.39 Å². The zero-order chi connectivity index (χ0) is 13.4. The van der Waals surface area contributed by atoms with Gasteiger partial charge in [-0.3, -0.25) is 0 Å². The summed E-state index contributed by atoms with van der Waals surface area (Å²) >= 11 is 0. The second kappa shape index (κ2) is 4.39. The maximum atomic E-state index is 14.1. The van der Waals surface area contributed by atoms with Crippen molar-refractivity contribution >= 4 is 11.0 Å². The molecule has 0 fully saturated rings. The van der Waals surface area contributed by atoms with Gasteiger partial charge in [0, 0.05) is 6.07 Å². The van der Waals surface area contributed by atoms with Crippen molar-refractivity contribution in [3.8, 4) is 17.1 Å². The first kappa shape index (κ1) is 11.7. The molecule has 3 aromatic rings. The average Bonchev–Trinajstić information content (AvgIpc) is 2.84. The first-order chi connectivity index (χ1) is 9.19. The number of hydrogen-bond acceptors (Lipinski definition) is 2. The van der Waals surface area contributed by atoms with E-state index in [-0.39, 0.29) is 5.82 Å². The summed E-state index contributed by atoms with van der Waals surface area (Å²) in [6, 6.07) is 10.8. The molecule has 0 bridgehead atoms. The van der Waals surface area contributed by atoms with Crippen LogP contribution in [0.2, 0.25) is 0 Å². The van der Waals surface area contributed by atoms with Crippen LogP contribution >= 0.6 is 0 Å². The average molecular weight is 256 g/mol. The third kappa shape index (κ3) is 1.95. The zero-order valence-corrected chi connectivity index (χ0v) is 10.7. The summed E-state index contributed by atoms with van der Waals surface area (Å²) in [6.45, 7) is 1.74. The molecule has 0 radical (unpaired) electrons. The lowest BCUT2D eigenvalue weighted by Crippen LogP contribution is -1.89. The smallest absolute Gasteiger partial charge is 0.141 e. The Bertz CT molecular complexity index is 749. The van der Waals surface area contributed by atoms with Gasteiger partial charge in [-0.05, 0) is 30.7 Å². The quantitative estimate of drug-likeness (QED) is 0.759. The van der Waals surface area contributed by atoms with Crippen LogP contribution in [0.4, 0.5) is 4.39 Å². The third-order valence-corrected chi connectivity index (χ3v) is 3.14. The number of fused-ring (bicyclic) bond motifs is 1. The standard InChI is InChI=1S/C15H13FN2O/c1-9-4-3-5-11(14(9)16)15-17-12-7-6-10(19-2)8-13(12)18-15/h3-8H,1-2H3,(H,17,18). The molecule has 96 valence electrons. The van der Waals surface area contributed by atoms with E-state index in [0.29, 0.717) is 17.0 Å². The van der Waals surface area contributed by atoms with E-state index in [1.807, 2.05) is 24.3 Å². The number of hydrogen-bond donors (Lipinski definition) is 1. The number of rotatable bonds is 2. The maximum absolute atomic E-state index is 14.1. The van der Waals surface area contributed by atoms with E-state index in [1.54, 1.807) is 26.2 Å². The molecule has 4 heteroatoms. The van der Waals surface area contributed by atoms with Crippen LogP contribution in [0.3, 0.4) is 0 Å². The highest BCUT2D eigenvalue weighted by molar-refractivity contribution is 5.80. The minimum Gasteiger partial charge on any atom is -0.497 e. The van der Waals surface area contributed by atoms with E-state index in [2.05, 4.69) is 9.97 Å². The summed E-state index contributed by atoms with van der Waals surface area (Å²) in [5.74, 6) is 1.03. The fourth-order valence-electron chi connectivity index (χ4n) is 2.07. The van der Waals surface area contributed by atoms with Gasteiger partial charge in [-0.25, -0.2) is 9.37 Å². The second-order valence-electron chi connectivity index (χ2n) is 4.40. The molecule has 0 amide bonds. The topological polar surface area (TPSA) is 37.9 Å². The molecule has 1 aromatic heterocycles. The molecule has 2 aromatic carbocycles. The fraction of sp³-hybridized carbons (Fsp3) is 0.133. The van der Waals surface area contributed by atoms with E-state index in [1.165, 1.54) is 0 Å². The lowest BCUT2D eigenvalue weighted by molar-refractivity contribution is 0.415. The normalized spacial score (nSPS) is 10.9. The minimum atomic E-state index is -0.242. The number of imidazole rings is 1. The first-order valence-electron chi connectivity index (χ1n) is 5.98. The van der Waals surface area contributed by atoms with Crippen LogP contribution in [0.25, 0.3) is 22.4 Å². The van der Waals surface area contributed by atoms with E-state index >= 15 is 0 Å². The molecule has 1 N–H and O–H groups in total. The number of nitrogens with zero attached hydrogens (tertiary/aromatic N) is 1. The first-order valence-corrected chi connectivity index (χ1v) is 5.98. The van der Waals surface area contributed by atoms with E-state index in [4.69, 9.17) is 4.74 Å². The van der Waals surface area contributed by atoms with Crippen molar-refractivity contribution in [3.63, 3.8) is 0 Å². The summed E-state index contributed by atoms with van der Waals surface area (Å²) in [6.07, 6.45) is 0. The molecular formula is C15H13FN2O. The van der Waals surface area contributed by atoms with Gasteiger partial charge in [0.2, 0.25) is 0 Å². The number of benzene rings is 2. The van der Waals surface area contributed by atoms with Crippen molar-refractivity contribution in [2.45, 2.75) is 6.92 Å². The molecule has 0 saturated carbocycles. The van der Waals surface area contributed by atoms with Crippen LogP contribution in [-0.2, 0) is 0 Å². The molecule has 0 atom stereocenters. The zero-order valence-electron chi connectivity index (χ0n) is 10.7. The molecule has 0 aliphatic carbocycles. The highest BCUT2D eigenvalue weighted by Gasteiger charge is 2.11. The third-order valence-electron chi connectivity index (χ3n) is 3.14. The summed E-state index contributed by atoms with van der Waals surface area (Å²) in [4.78, 5) is 7.53. The monoisotopic (exact) mass is 256 g/mol. The summed E-state index contributed by atoms with van der Waals surface area (Å²) < 4.78 is 19.2. The van der Waals surface area contributed by atoms with Gasteiger partial charge >= 0.3 is 0 Å². The van der Waals surface area contributed by atoms with Gasteiger partial charge in [-0.2, -0.15) is 0 Å². The van der Waals surface area contributed by atoms with Gasteiger partial charge in [0.15, 0.2) is 0 Å². The van der Waals surface area contributed by atoms with Crippen molar-refractivity contribution < 1.29 is 9.13 Å². The van der Waals surface area contributed by atoms with Crippen molar-refractivity contribution in [3.05, 3.63) is 47.8 Å². The molecule has 0 aliphatic rings. The van der Waals surface area contributed by atoms with Crippen molar-refractivity contribution in [1.82, 2.24) is 9.97 Å². The van der Waals surface area contributed by atoms with Crippen molar-refractivity contribution in [1.29, 1.82) is 0 Å². The number of nitrogens with one attached hydrogen (secondary N) is 1. The Balaban J connectivity index is 2.18. The Kier molecular flexibility index (Phi) is 2.71. The number of aromatic nitrogens is 2. The van der Waals surface area contributed by atoms with E-state index in [0.717, 1.165) is 16.8 Å². The minimum absolute atomic E-state index is 0.242. The SMILES string of the molecule is COc1ccc2nc(-c3cccc(C)c3F)[nH]c2c1. The maximum Gasteiger partial charge on any atom is 0.141 e. The van der Waals surface area contributed by atoms with Crippen LogP contribution in [0.15, 0.2) is 36.4 Å². The highest BCUT2D eigenvalue weighted by atomic mass is 19.1. The largest absolute Gasteiger partial charge is 0.497 e. The fourth-order valence-corrected chi connectivity index (χ4v) is 2.07. The molecule has 1 heterocycles. The summed E-state index contributed by atoms with van der Waals surface area (Å²) in [7, 11) is 1.61. The number of aromatic amines is 1. The van der Waals surface area contributed by atoms with Crippen LogP contribution in [0.5, 0.6) is 5.75 Å². The Labute approximate surface area is 110 Å². The van der Waals surface area contributed by atoms with Crippen LogP contribution in [-0.4, -0.2) is 17.1 Å². The molecule has 0 unspecified atom stereocenters. The van der Waals surface area contributed by atoms with Crippen LogP contribution in [0.1, 0.15) is 5.56 Å². The lowest BCUT2D eigenvalue weighted by Gasteiger charge is -2.01. The molecule has 0 saturated heterocycles. The van der Waals surface area contributed by atoms with Gasteiger partial charge in [0.25, 0.3) is 0 Å². The Morgan fingerprint density at radius 1 is 1.21 bits per heavy atom. The molecule has 3 nitrogen and oxygen atoms in total. The predicted molar refractivity (Wildman–Crippen MR) is 72.8 cm³/mol. The van der Waals surface area contributed by atoms with Gasteiger partial charge in [-0.1, -0.05) is 12.1 Å². The summed E-state index contributed by atoms with van der Waals surface area (Å²) in [5.41, 5.74) is 2.71. The summed E-state index contributed by atoms with van der Waals surface area (Å²) in [5, 5.41) is 0. The number of ether oxygens (including phenoxy) is 1. The Morgan fingerprint density at radius 3 is 2.84 bits per heavy atom. The lowest BCUT2D eigenvalue weighted by atomic mass is 10.1. The number of aryl methyl sites for hydroxylation is 1. The Hall–Kier alpha value is -2.36. The highest BCUT2D eigenvalue weighted by Crippen LogP contribution is 2.26. The Morgan fingerprint density at radius 2 is 2.05 bits per heavy atom. The number of H-pyrrole nitrogens is 1. The van der Waals surface area contributed by atoms with Gasteiger partial charge < -0.3 is 9.72 Å². The predicted octanol–water partition coefficient (Wildman–Crippen LogP) is 3.69. The van der Waals surface area contributed by atoms with Gasteiger partial charge in [0.05, 0.1) is 23.7 Å². The van der Waals surface area contributed by atoms with Crippen LogP contribution < -0.4 is 4.74 Å². The van der Waals surface area contributed by atoms with Gasteiger partial charge in [0.1, 0.15) is 17.4 Å². The van der Waals surface area contributed by atoms with Crippen molar-refractivity contribution in [2.75, 3.05) is 7.11 Å². The molecule has 0 aliphatic heterocycles. The molecule has 19 heavy (non-hydrogen) atoms. The van der Waals surface area contributed by atoms with Crippen LogP contribution in [0, 0.1) is 12.7 Å². The molecule has 3 rings (SSSR count). The van der Waals surface area contributed by atoms with E-state index < -0.39 is 0 Å². The van der Waals surface area contributed by atoms with Crippen molar-refractivity contribution in [2.24, 2.45) is 0 Å².